The number of carboxylic acid groups (broad SMARTS) is 1. The summed E-state index contributed by atoms with van der Waals surface area (Å²) in [5.74, 6) is -0.982. The third kappa shape index (κ3) is 5.19. The molecule has 0 spiro atoms. The molecule has 1 fully saturated rings. The van der Waals surface area contributed by atoms with Gasteiger partial charge in [-0.3, -0.25) is 10.00 Å². The van der Waals surface area contributed by atoms with Crippen LogP contribution in [0.5, 0.6) is 0 Å². The van der Waals surface area contributed by atoms with Crippen LogP contribution >= 0.6 is 0 Å². The average Bonchev–Trinajstić information content (AvgIpc) is 3.21. The van der Waals surface area contributed by atoms with E-state index in [1.165, 1.54) is 0 Å². The number of hydrogen-bond acceptors (Lipinski definition) is 5. The number of anilines is 1. The van der Waals surface area contributed by atoms with Gasteiger partial charge in [0.15, 0.2) is 0 Å². The highest BCUT2D eigenvalue weighted by Crippen LogP contribution is 2.28. The number of ether oxygens (including phenoxy) is 1. The number of urea groups is 1. The number of aromatic amines is 1. The number of nitrogens with zero attached hydrogens (tertiary/aromatic N) is 2. The fourth-order valence-corrected chi connectivity index (χ4v) is 3.58. The lowest BCUT2D eigenvalue weighted by atomic mass is 10.1. The number of nitrogens with one attached hydrogen (secondary N) is 3. The van der Waals surface area contributed by atoms with Crippen molar-refractivity contribution in [2.24, 2.45) is 0 Å². The van der Waals surface area contributed by atoms with E-state index in [1.54, 1.807) is 30.3 Å². The number of aromatic nitrogens is 2. The Morgan fingerprint density at radius 2 is 1.90 bits per heavy atom. The van der Waals surface area contributed by atoms with Crippen molar-refractivity contribution in [2.75, 3.05) is 44.7 Å². The second-order valence-corrected chi connectivity index (χ2v) is 7.40. The van der Waals surface area contributed by atoms with Crippen molar-refractivity contribution in [1.82, 2.24) is 20.4 Å². The monoisotopic (exact) mass is 423 g/mol. The number of hydrogen-bond donors (Lipinski definition) is 4. The normalized spacial score (nSPS) is 14.5. The molecular weight excluding hydrogens is 398 g/mol. The first-order valence-electron chi connectivity index (χ1n) is 10.3. The molecule has 0 radical (unpaired) electrons. The molecule has 0 unspecified atom stereocenters. The van der Waals surface area contributed by atoms with Crippen LogP contribution in [0.15, 0.2) is 42.5 Å². The second-order valence-electron chi connectivity index (χ2n) is 7.40. The predicted octanol–water partition coefficient (Wildman–Crippen LogP) is 2.77. The van der Waals surface area contributed by atoms with Crippen molar-refractivity contribution in [2.45, 2.75) is 6.42 Å². The lowest BCUT2D eigenvalue weighted by Crippen LogP contribution is -2.38. The van der Waals surface area contributed by atoms with Crippen LogP contribution in [-0.2, 0) is 4.74 Å². The van der Waals surface area contributed by atoms with Gasteiger partial charge in [0, 0.05) is 36.3 Å². The summed E-state index contributed by atoms with van der Waals surface area (Å²) in [5.41, 5.74) is 3.13. The van der Waals surface area contributed by atoms with Crippen molar-refractivity contribution in [3.05, 3.63) is 48.0 Å². The van der Waals surface area contributed by atoms with Crippen molar-refractivity contribution < 1.29 is 19.4 Å². The molecule has 9 nitrogen and oxygen atoms in total. The Morgan fingerprint density at radius 3 is 2.65 bits per heavy atom. The molecule has 162 valence electrons. The van der Waals surface area contributed by atoms with Gasteiger partial charge in [-0.05, 0) is 43.3 Å². The Morgan fingerprint density at radius 1 is 1.13 bits per heavy atom. The number of benzene rings is 2. The molecule has 0 atom stereocenters. The Balaban J connectivity index is 1.32. The molecule has 1 aliphatic heterocycles. The highest BCUT2D eigenvalue weighted by atomic mass is 16.5. The van der Waals surface area contributed by atoms with Crippen molar-refractivity contribution in [1.29, 1.82) is 0 Å². The Hall–Kier alpha value is -3.43. The molecule has 4 N–H and O–H groups in total. The highest BCUT2D eigenvalue weighted by Gasteiger charge is 2.12. The summed E-state index contributed by atoms with van der Waals surface area (Å²) in [4.78, 5) is 25.7. The maximum absolute atomic E-state index is 12.1. The summed E-state index contributed by atoms with van der Waals surface area (Å²) in [5, 5.41) is 22.9. The van der Waals surface area contributed by atoms with Crippen LogP contribution in [0.2, 0.25) is 0 Å². The Bertz CT molecular complexity index is 1060. The molecule has 2 aromatic carbocycles. The number of amides is 2. The van der Waals surface area contributed by atoms with Gasteiger partial charge in [-0.25, -0.2) is 9.59 Å². The van der Waals surface area contributed by atoms with Crippen LogP contribution in [0.4, 0.5) is 10.5 Å². The van der Waals surface area contributed by atoms with Crippen LogP contribution in [0.25, 0.3) is 22.2 Å². The maximum atomic E-state index is 12.1. The second kappa shape index (κ2) is 9.59. The van der Waals surface area contributed by atoms with E-state index in [4.69, 9.17) is 4.74 Å². The number of fused-ring (bicyclic) bond motifs is 1. The van der Waals surface area contributed by atoms with Crippen molar-refractivity contribution in [3.8, 4) is 11.3 Å². The molecule has 1 aromatic heterocycles. The van der Waals surface area contributed by atoms with Crippen LogP contribution in [0, 0.1) is 0 Å². The number of H-pyrrole nitrogens is 1. The minimum absolute atomic E-state index is 0.207. The summed E-state index contributed by atoms with van der Waals surface area (Å²) in [7, 11) is 0. The van der Waals surface area contributed by atoms with Gasteiger partial charge in [0.1, 0.15) is 0 Å². The third-order valence-electron chi connectivity index (χ3n) is 5.27. The maximum Gasteiger partial charge on any atom is 0.335 e. The van der Waals surface area contributed by atoms with Crippen LogP contribution in [-0.4, -0.2) is 71.6 Å². The number of rotatable bonds is 7. The van der Waals surface area contributed by atoms with Crippen molar-refractivity contribution in [3.63, 3.8) is 0 Å². The number of carbonyl (C=O) groups is 2. The van der Waals surface area contributed by atoms with Crippen LogP contribution in [0.3, 0.4) is 0 Å². The Kier molecular flexibility index (Phi) is 6.44. The zero-order valence-corrected chi connectivity index (χ0v) is 17.1. The lowest BCUT2D eigenvalue weighted by Gasteiger charge is -2.26. The van der Waals surface area contributed by atoms with E-state index in [0.717, 1.165) is 55.7 Å². The largest absolute Gasteiger partial charge is 0.478 e. The average molecular weight is 423 g/mol. The molecule has 0 aliphatic carbocycles. The van der Waals surface area contributed by atoms with E-state index in [0.29, 0.717) is 17.9 Å². The number of carbonyl (C=O) groups excluding carboxylic acids is 1. The molecule has 9 heteroatoms. The molecule has 31 heavy (non-hydrogen) atoms. The molecule has 0 bridgehead atoms. The van der Waals surface area contributed by atoms with Gasteiger partial charge in [-0.15, -0.1) is 0 Å². The van der Waals surface area contributed by atoms with E-state index < -0.39 is 5.97 Å². The zero-order valence-electron chi connectivity index (χ0n) is 17.1. The van der Waals surface area contributed by atoms with Crippen LogP contribution in [0.1, 0.15) is 16.8 Å². The highest BCUT2D eigenvalue weighted by molar-refractivity contribution is 5.99. The molecule has 2 amide bonds. The van der Waals surface area contributed by atoms with E-state index in [-0.39, 0.29) is 11.6 Å². The van der Waals surface area contributed by atoms with E-state index >= 15 is 0 Å². The molecule has 3 aromatic rings. The summed E-state index contributed by atoms with van der Waals surface area (Å²) in [6.07, 6.45) is 0.886. The molecule has 1 aliphatic rings. The first-order valence-corrected chi connectivity index (χ1v) is 10.3. The van der Waals surface area contributed by atoms with Gasteiger partial charge >= 0.3 is 12.0 Å². The minimum Gasteiger partial charge on any atom is -0.478 e. The van der Waals surface area contributed by atoms with Crippen molar-refractivity contribution >= 4 is 28.6 Å². The fraction of sp³-hybridized carbons (Fsp3) is 0.318. The van der Waals surface area contributed by atoms with Crippen LogP contribution < -0.4 is 10.6 Å². The molecule has 1 saturated heterocycles. The number of morpholine rings is 1. The quantitative estimate of drug-likeness (QED) is 0.434. The first-order chi connectivity index (χ1) is 15.1. The topological polar surface area (TPSA) is 120 Å². The van der Waals surface area contributed by atoms with Gasteiger partial charge in [-0.2, -0.15) is 5.10 Å². The van der Waals surface area contributed by atoms with E-state index in [2.05, 4.69) is 25.7 Å². The molecule has 0 saturated carbocycles. The molecule has 2 heterocycles. The number of aromatic carboxylic acids is 1. The smallest absolute Gasteiger partial charge is 0.335 e. The minimum atomic E-state index is -0.982. The van der Waals surface area contributed by atoms with Gasteiger partial charge in [0.05, 0.1) is 30.0 Å². The zero-order chi connectivity index (χ0) is 21.6. The van der Waals surface area contributed by atoms with Gasteiger partial charge in [-0.1, -0.05) is 12.1 Å². The Labute approximate surface area is 179 Å². The summed E-state index contributed by atoms with van der Waals surface area (Å²) >= 11 is 0. The number of carboxylic acids is 1. The summed E-state index contributed by atoms with van der Waals surface area (Å²) < 4.78 is 5.33. The standard InChI is InChI=1S/C22H25N5O4/c28-21(29)16-4-7-19-18(14-16)20(26-25-19)15-2-5-17(6-3-15)24-22(30)23-8-1-9-27-10-12-31-13-11-27/h2-7,14H,1,8-13H2,(H,25,26)(H,28,29)(H2,23,24,30). The van der Waals surface area contributed by atoms with Gasteiger partial charge in [0.2, 0.25) is 0 Å². The summed E-state index contributed by atoms with van der Waals surface area (Å²) in [6.45, 7) is 4.99. The van der Waals surface area contributed by atoms with Gasteiger partial charge in [0.25, 0.3) is 0 Å². The van der Waals surface area contributed by atoms with E-state index in [9.17, 15) is 14.7 Å². The molecule has 4 rings (SSSR count). The third-order valence-corrected chi connectivity index (χ3v) is 5.27. The lowest BCUT2D eigenvalue weighted by molar-refractivity contribution is 0.0375. The first kappa shape index (κ1) is 20.8. The SMILES string of the molecule is O=C(NCCCN1CCOCC1)Nc1ccc(-c2n[nH]c3ccc(C(=O)O)cc23)cc1. The molecular formula is C22H25N5O4. The fourth-order valence-electron chi connectivity index (χ4n) is 3.58. The predicted molar refractivity (Wildman–Crippen MR) is 117 cm³/mol. The summed E-state index contributed by atoms with van der Waals surface area (Å²) in [6, 6.07) is 11.9. The van der Waals surface area contributed by atoms with E-state index in [1.807, 2.05) is 12.1 Å². The van der Waals surface area contributed by atoms with Gasteiger partial charge < -0.3 is 20.5 Å².